The predicted molar refractivity (Wildman–Crippen MR) is 135 cm³/mol. The van der Waals surface area contributed by atoms with Gasteiger partial charge >= 0.3 is 0 Å². The molecular formula is C27H23Cl2N3O2. The maximum atomic E-state index is 13.2. The van der Waals surface area contributed by atoms with Crippen molar-refractivity contribution in [1.29, 1.82) is 0 Å². The Hall–Kier alpha value is -3.12. The molecule has 5 nitrogen and oxygen atoms in total. The highest BCUT2D eigenvalue weighted by Gasteiger charge is 2.42. The molecule has 0 aromatic heterocycles. The third-order valence-corrected chi connectivity index (χ3v) is 6.91. The molecule has 3 aromatic carbocycles. The number of benzene rings is 3. The summed E-state index contributed by atoms with van der Waals surface area (Å²) in [7, 11) is 0. The molecule has 0 unspecified atom stereocenters. The second-order valence-corrected chi connectivity index (χ2v) is 9.15. The van der Waals surface area contributed by atoms with Gasteiger partial charge < -0.3 is 4.90 Å². The van der Waals surface area contributed by atoms with Crippen molar-refractivity contribution in [3.63, 3.8) is 0 Å². The molecule has 1 fully saturated rings. The maximum absolute atomic E-state index is 13.2. The molecule has 172 valence electrons. The second-order valence-electron chi connectivity index (χ2n) is 8.33. The lowest BCUT2D eigenvalue weighted by Crippen LogP contribution is -2.48. The second kappa shape index (κ2) is 9.63. The van der Waals surface area contributed by atoms with Crippen molar-refractivity contribution in [1.82, 2.24) is 9.80 Å². The zero-order chi connectivity index (χ0) is 23.7. The SMILES string of the molecule is O=C1C(Cl)=C(N2CCN(C(c3ccccc3)c3ccccc3)CC2)C(=O)N1c1ccc(Cl)cc1. The van der Waals surface area contributed by atoms with E-state index in [0.717, 1.165) is 18.0 Å². The van der Waals surface area contributed by atoms with Crippen LogP contribution in [-0.2, 0) is 9.59 Å². The molecule has 0 aliphatic carbocycles. The third kappa shape index (κ3) is 4.23. The Bertz CT molecular complexity index is 1180. The number of hydrogen-bond donors (Lipinski definition) is 0. The Balaban J connectivity index is 1.35. The normalized spacial score (nSPS) is 17.3. The van der Waals surface area contributed by atoms with Gasteiger partial charge in [-0.1, -0.05) is 83.9 Å². The summed E-state index contributed by atoms with van der Waals surface area (Å²) in [5, 5.41) is 0.501. The van der Waals surface area contributed by atoms with Crippen LogP contribution in [0.4, 0.5) is 5.69 Å². The molecule has 0 spiro atoms. The van der Waals surface area contributed by atoms with Crippen LogP contribution >= 0.6 is 23.2 Å². The number of imide groups is 1. The Morgan fingerprint density at radius 3 is 1.71 bits per heavy atom. The van der Waals surface area contributed by atoms with Gasteiger partial charge in [-0.3, -0.25) is 14.5 Å². The Kier molecular flexibility index (Phi) is 6.42. The molecule has 0 atom stereocenters. The van der Waals surface area contributed by atoms with Crippen LogP contribution in [0.3, 0.4) is 0 Å². The highest BCUT2D eigenvalue weighted by molar-refractivity contribution is 6.52. The smallest absolute Gasteiger partial charge is 0.283 e. The Morgan fingerprint density at radius 2 is 1.18 bits per heavy atom. The van der Waals surface area contributed by atoms with E-state index in [1.807, 2.05) is 17.0 Å². The molecule has 7 heteroatoms. The minimum absolute atomic E-state index is 0.0314. The van der Waals surface area contributed by atoms with Crippen LogP contribution in [0.5, 0.6) is 0 Å². The summed E-state index contributed by atoms with van der Waals surface area (Å²) in [6.07, 6.45) is 0. The van der Waals surface area contributed by atoms with Gasteiger partial charge in [-0.25, -0.2) is 4.90 Å². The summed E-state index contributed by atoms with van der Waals surface area (Å²) in [4.78, 5) is 31.6. The lowest BCUT2D eigenvalue weighted by molar-refractivity contribution is -0.121. The largest absolute Gasteiger partial charge is 0.363 e. The van der Waals surface area contributed by atoms with Gasteiger partial charge in [-0.2, -0.15) is 0 Å². The van der Waals surface area contributed by atoms with Gasteiger partial charge in [0.1, 0.15) is 10.7 Å². The Labute approximate surface area is 208 Å². The first-order chi connectivity index (χ1) is 16.5. The standard InChI is InChI=1S/C27H23Cl2N3O2/c28-21-11-13-22(14-12-21)32-26(33)23(29)25(27(32)34)31-17-15-30(16-18-31)24(19-7-3-1-4-8-19)20-9-5-2-6-10-20/h1-14,24H,15-18H2. The highest BCUT2D eigenvalue weighted by Crippen LogP contribution is 2.34. The number of halogens is 2. The van der Waals surface area contributed by atoms with E-state index in [0.29, 0.717) is 23.8 Å². The van der Waals surface area contributed by atoms with E-state index < -0.39 is 11.8 Å². The molecule has 2 amide bonds. The zero-order valence-corrected chi connectivity index (χ0v) is 19.9. The van der Waals surface area contributed by atoms with Gasteiger partial charge in [0.25, 0.3) is 11.8 Å². The summed E-state index contributed by atoms with van der Waals surface area (Å²) in [6.45, 7) is 2.64. The summed E-state index contributed by atoms with van der Waals surface area (Å²) in [5.41, 5.74) is 3.18. The van der Waals surface area contributed by atoms with Gasteiger partial charge in [0, 0.05) is 31.2 Å². The van der Waals surface area contributed by atoms with Crippen molar-refractivity contribution in [3.8, 4) is 0 Å². The summed E-state index contributed by atoms with van der Waals surface area (Å²) in [6, 6.07) is 27.5. The first kappa shape index (κ1) is 22.7. The van der Waals surface area contributed by atoms with E-state index in [1.165, 1.54) is 11.1 Å². The molecule has 0 bridgehead atoms. The molecule has 2 heterocycles. The summed E-state index contributed by atoms with van der Waals surface area (Å²) >= 11 is 12.4. The molecule has 2 aliphatic rings. The quantitative estimate of drug-likeness (QED) is 0.467. The number of carbonyl (C=O) groups is 2. The minimum atomic E-state index is -0.502. The van der Waals surface area contributed by atoms with E-state index in [4.69, 9.17) is 23.2 Å². The first-order valence-electron chi connectivity index (χ1n) is 11.2. The lowest BCUT2D eigenvalue weighted by atomic mass is 9.96. The van der Waals surface area contributed by atoms with Crippen LogP contribution in [0.25, 0.3) is 0 Å². The highest BCUT2D eigenvalue weighted by atomic mass is 35.5. The fourth-order valence-electron chi connectivity index (χ4n) is 4.68. The van der Waals surface area contributed by atoms with E-state index in [9.17, 15) is 9.59 Å². The van der Waals surface area contributed by atoms with Gasteiger partial charge in [0.2, 0.25) is 0 Å². The average molecular weight is 492 g/mol. The van der Waals surface area contributed by atoms with Gasteiger partial charge in [-0.15, -0.1) is 0 Å². The molecule has 2 aliphatic heterocycles. The lowest BCUT2D eigenvalue weighted by Gasteiger charge is -2.40. The Morgan fingerprint density at radius 1 is 0.647 bits per heavy atom. The zero-order valence-electron chi connectivity index (χ0n) is 18.4. The van der Waals surface area contributed by atoms with Crippen LogP contribution in [0.2, 0.25) is 5.02 Å². The van der Waals surface area contributed by atoms with Crippen molar-refractivity contribution in [2.75, 3.05) is 31.1 Å². The van der Waals surface area contributed by atoms with E-state index in [-0.39, 0.29) is 16.8 Å². The number of hydrogen-bond acceptors (Lipinski definition) is 4. The predicted octanol–water partition coefficient (Wildman–Crippen LogP) is 5.07. The molecule has 0 radical (unpaired) electrons. The molecule has 1 saturated heterocycles. The summed E-state index contributed by atoms with van der Waals surface area (Å²) < 4.78 is 0. The third-order valence-electron chi connectivity index (χ3n) is 6.32. The molecular weight excluding hydrogens is 469 g/mol. The number of carbonyl (C=O) groups excluding carboxylic acids is 2. The van der Waals surface area contributed by atoms with Crippen molar-refractivity contribution >= 4 is 40.7 Å². The first-order valence-corrected chi connectivity index (χ1v) is 11.9. The number of rotatable bonds is 5. The minimum Gasteiger partial charge on any atom is -0.363 e. The van der Waals surface area contributed by atoms with Crippen LogP contribution in [-0.4, -0.2) is 47.8 Å². The van der Waals surface area contributed by atoms with Crippen molar-refractivity contribution < 1.29 is 9.59 Å². The van der Waals surface area contributed by atoms with E-state index in [2.05, 4.69) is 53.4 Å². The van der Waals surface area contributed by atoms with Crippen LogP contribution in [0, 0.1) is 0 Å². The molecule has 0 N–H and O–H groups in total. The van der Waals surface area contributed by atoms with Gasteiger partial charge in [0.15, 0.2) is 0 Å². The molecule has 34 heavy (non-hydrogen) atoms. The number of nitrogens with zero attached hydrogens (tertiary/aromatic N) is 3. The number of piperazine rings is 1. The number of amides is 2. The number of anilines is 1. The maximum Gasteiger partial charge on any atom is 0.283 e. The van der Waals surface area contributed by atoms with Gasteiger partial charge in [0.05, 0.1) is 11.7 Å². The van der Waals surface area contributed by atoms with E-state index >= 15 is 0 Å². The van der Waals surface area contributed by atoms with Crippen molar-refractivity contribution in [3.05, 3.63) is 112 Å². The van der Waals surface area contributed by atoms with Crippen molar-refractivity contribution in [2.24, 2.45) is 0 Å². The molecule has 3 aromatic rings. The van der Waals surface area contributed by atoms with Crippen LogP contribution in [0.1, 0.15) is 17.2 Å². The summed E-state index contributed by atoms with van der Waals surface area (Å²) in [5.74, 6) is -0.897. The fourth-order valence-corrected chi connectivity index (χ4v) is 5.09. The van der Waals surface area contributed by atoms with Gasteiger partial charge in [-0.05, 0) is 35.4 Å². The van der Waals surface area contributed by atoms with Crippen LogP contribution in [0.15, 0.2) is 95.7 Å². The molecule has 0 saturated carbocycles. The topological polar surface area (TPSA) is 43.9 Å². The van der Waals surface area contributed by atoms with Crippen LogP contribution < -0.4 is 4.90 Å². The molecule has 5 rings (SSSR count). The average Bonchev–Trinajstić information content (AvgIpc) is 3.09. The fraction of sp³-hybridized carbons (Fsp3) is 0.185. The van der Waals surface area contributed by atoms with E-state index in [1.54, 1.807) is 24.3 Å². The van der Waals surface area contributed by atoms with Crippen molar-refractivity contribution in [2.45, 2.75) is 6.04 Å². The monoisotopic (exact) mass is 491 g/mol.